The van der Waals surface area contributed by atoms with Crippen LogP contribution in [0.3, 0.4) is 0 Å². The van der Waals surface area contributed by atoms with Crippen molar-refractivity contribution in [1.82, 2.24) is 4.68 Å². The highest BCUT2D eigenvalue weighted by atomic mass is 32.1. The molecule has 5 rings (SSSR count). The normalized spacial score (nSPS) is 16.8. The maximum atomic E-state index is 11.8. The Balaban J connectivity index is 1.61. The van der Waals surface area contributed by atoms with E-state index in [9.17, 15) is 14.9 Å². The number of carbonyl (C=O) groups is 1. The Morgan fingerprint density at radius 3 is 2.82 bits per heavy atom. The molecule has 1 amide bonds. The number of para-hydroxylation sites is 2. The second kappa shape index (κ2) is 9.60. The van der Waals surface area contributed by atoms with Crippen LogP contribution in [0.2, 0.25) is 0 Å². The number of amides is 1. The molecule has 1 aliphatic heterocycles. The number of anilines is 1. The average Bonchev–Trinajstić information content (AvgIpc) is 3.25. The molecule has 1 fully saturated rings. The molecule has 0 saturated heterocycles. The van der Waals surface area contributed by atoms with Crippen LogP contribution in [0.5, 0.6) is 5.75 Å². The van der Waals surface area contributed by atoms with Crippen LogP contribution in [-0.4, -0.2) is 28.3 Å². The Bertz CT molecular complexity index is 1340. The van der Waals surface area contributed by atoms with Gasteiger partial charge in [0.05, 0.1) is 16.3 Å². The minimum absolute atomic E-state index is 0.00460. The van der Waals surface area contributed by atoms with Crippen molar-refractivity contribution in [2.45, 2.75) is 32.1 Å². The van der Waals surface area contributed by atoms with E-state index in [-0.39, 0.29) is 23.9 Å². The van der Waals surface area contributed by atoms with Crippen LogP contribution in [0, 0.1) is 16.0 Å². The van der Waals surface area contributed by atoms with Crippen molar-refractivity contribution in [1.29, 1.82) is 0 Å². The number of benzene rings is 2. The molecule has 10 heteroatoms. The van der Waals surface area contributed by atoms with Gasteiger partial charge in [-0.2, -0.15) is 5.10 Å². The first-order valence-corrected chi connectivity index (χ1v) is 12.1. The topological polar surface area (TPSA) is 111 Å². The smallest absolute Gasteiger partial charge is 0.294 e. The first-order valence-electron chi connectivity index (χ1n) is 11.2. The van der Waals surface area contributed by atoms with E-state index in [1.807, 2.05) is 29.8 Å². The molecule has 0 atom stereocenters. The van der Waals surface area contributed by atoms with E-state index in [2.05, 4.69) is 10.3 Å². The lowest BCUT2D eigenvalue weighted by atomic mass is 9.90. The SMILES string of the molecule is O=C1COc2ccc(-c3csc(=Nc4ccccc4[N+](=O)[O-])n3N=CC3CCCCC3)cc2N1. The Hall–Kier alpha value is -3.79. The van der Waals surface area contributed by atoms with Crippen molar-refractivity contribution in [3.8, 4) is 17.0 Å². The van der Waals surface area contributed by atoms with Gasteiger partial charge in [0.2, 0.25) is 4.80 Å². The zero-order valence-corrected chi connectivity index (χ0v) is 19.2. The molecule has 0 bridgehead atoms. The minimum Gasteiger partial charge on any atom is -0.482 e. The summed E-state index contributed by atoms with van der Waals surface area (Å²) < 4.78 is 7.20. The first kappa shape index (κ1) is 22.0. The Morgan fingerprint density at radius 2 is 2.00 bits per heavy atom. The molecule has 1 aliphatic carbocycles. The van der Waals surface area contributed by atoms with E-state index >= 15 is 0 Å². The molecule has 9 nitrogen and oxygen atoms in total. The Labute approximate surface area is 199 Å². The van der Waals surface area contributed by atoms with Gasteiger partial charge in [0, 0.05) is 23.2 Å². The van der Waals surface area contributed by atoms with Crippen molar-refractivity contribution >= 4 is 40.5 Å². The van der Waals surface area contributed by atoms with E-state index in [1.54, 1.807) is 22.9 Å². The minimum atomic E-state index is -0.435. The van der Waals surface area contributed by atoms with Crippen molar-refractivity contribution in [2.75, 3.05) is 11.9 Å². The molecule has 2 aromatic carbocycles. The van der Waals surface area contributed by atoms with Crippen LogP contribution in [0.15, 0.2) is 57.9 Å². The molecule has 0 unspecified atom stereocenters. The highest BCUT2D eigenvalue weighted by Gasteiger charge is 2.19. The van der Waals surface area contributed by atoms with E-state index in [0.717, 1.165) is 24.1 Å². The van der Waals surface area contributed by atoms with Crippen molar-refractivity contribution in [2.24, 2.45) is 16.0 Å². The number of carbonyl (C=O) groups excluding carboxylic acids is 1. The quantitative estimate of drug-likeness (QED) is 0.313. The van der Waals surface area contributed by atoms with Crippen LogP contribution in [-0.2, 0) is 4.79 Å². The van der Waals surface area contributed by atoms with Crippen LogP contribution in [0.1, 0.15) is 32.1 Å². The molecular formula is C24H23N5O4S. The maximum absolute atomic E-state index is 11.8. The number of hydrogen-bond donors (Lipinski definition) is 1. The van der Waals surface area contributed by atoms with E-state index in [1.165, 1.54) is 36.7 Å². The van der Waals surface area contributed by atoms with Gasteiger partial charge in [-0.15, -0.1) is 11.3 Å². The Morgan fingerprint density at radius 1 is 1.18 bits per heavy atom. The number of nitrogens with zero attached hydrogens (tertiary/aromatic N) is 4. The van der Waals surface area contributed by atoms with Gasteiger partial charge < -0.3 is 10.1 Å². The fourth-order valence-corrected chi connectivity index (χ4v) is 5.04. The van der Waals surface area contributed by atoms with Gasteiger partial charge in [0.25, 0.3) is 11.6 Å². The number of nitrogens with one attached hydrogen (secondary N) is 1. The Kier molecular flexibility index (Phi) is 6.22. The number of thiazole rings is 1. The third-order valence-electron chi connectivity index (χ3n) is 5.93. The second-order valence-electron chi connectivity index (χ2n) is 8.28. The molecular weight excluding hydrogens is 454 g/mol. The molecule has 174 valence electrons. The van der Waals surface area contributed by atoms with Gasteiger partial charge in [0.1, 0.15) is 11.4 Å². The standard InChI is InChI=1S/C24H23N5O4S/c30-23-14-33-22-11-10-17(12-19(22)26-23)21-15-34-24(27-18-8-4-5-9-20(18)29(31)32)28(21)25-13-16-6-2-1-3-7-16/h4-5,8-13,15-16H,1-3,6-7,14H2,(H,26,30). The summed E-state index contributed by atoms with van der Waals surface area (Å²) in [7, 11) is 0. The first-order chi connectivity index (χ1) is 16.6. The second-order valence-corrected chi connectivity index (χ2v) is 9.12. The molecule has 0 spiro atoms. The highest BCUT2D eigenvalue weighted by molar-refractivity contribution is 7.07. The zero-order chi connectivity index (χ0) is 23.5. The zero-order valence-electron chi connectivity index (χ0n) is 18.3. The third-order valence-corrected chi connectivity index (χ3v) is 6.75. The number of hydrogen-bond acceptors (Lipinski definition) is 7. The number of ether oxygens (including phenoxy) is 1. The number of rotatable bonds is 5. The summed E-state index contributed by atoms with van der Waals surface area (Å²) in [6, 6.07) is 12.0. The fourth-order valence-electron chi connectivity index (χ4n) is 4.19. The lowest BCUT2D eigenvalue weighted by Crippen LogP contribution is -2.25. The molecule has 3 aromatic rings. The van der Waals surface area contributed by atoms with E-state index < -0.39 is 4.92 Å². The number of aromatic nitrogens is 1. The molecule has 2 heterocycles. The highest BCUT2D eigenvalue weighted by Crippen LogP contribution is 2.33. The molecule has 1 aromatic heterocycles. The number of nitro benzene ring substituents is 1. The number of nitro groups is 1. The summed E-state index contributed by atoms with van der Waals surface area (Å²) in [5.74, 6) is 0.801. The van der Waals surface area contributed by atoms with Crippen molar-refractivity contribution < 1.29 is 14.5 Å². The molecule has 0 radical (unpaired) electrons. The fraction of sp³-hybridized carbons (Fsp3) is 0.292. The summed E-state index contributed by atoms with van der Waals surface area (Å²) in [5.41, 5.74) is 2.41. The maximum Gasteiger partial charge on any atom is 0.294 e. The van der Waals surface area contributed by atoms with Gasteiger partial charge in [0.15, 0.2) is 6.61 Å². The van der Waals surface area contributed by atoms with Gasteiger partial charge >= 0.3 is 0 Å². The molecule has 34 heavy (non-hydrogen) atoms. The van der Waals surface area contributed by atoms with Crippen molar-refractivity contribution in [3.05, 3.63) is 62.8 Å². The van der Waals surface area contributed by atoms with Gasteiger partial charge in [-0.1, -0.05) is 31.4 Å². The largest absolute Gasteiger partial charge is 0.482 e. The lowest BCUT2D eigenvalue weighted by Gasteiger charge is -2.19. The number of fused-ring (bicyclic) bond motifs is 1. The summed E-state index contributed by atoms with van der Waals surface area (Å²) in [6.07, 6.45) is 7.80. The predicted octanol–water partition coefficient (Wildman–Crippen LogP) is 5.10. The average molecular weight is 478 g/mol. The van der Waals surface area contributed by atoms with Crippen LogP contribution < -0.4 is 14.9 Å². The predicted molar refractivity (Wildman–Crippen MR) is 131 cm³/mol. The third kappa shape index (κ3) is 4.62. The monoisotopic (exact) mass is 477 g/mol. The van der Waals surface area contributed by atoms with Crippen LogP contribution in [0.25, 0.3) is 11.3 Å². The summed E-state index contributed by atoms with van der Waals surface area (Å²) in [4.78, 5) is 28.0. The van der Waals surface area contributed by atoms with Gasteiger partial charge in [-0.3, -0.25) is 14.9 Å². The van der Waals surface area contributed by atoms with Gasteiger partial charge in [-0.25, -0.2) is 9.67 Å². The molecule has 2 aliphatic rings. The van der Waals surface area contributed by atoms with Crippen molar-refractivity contribution in [3.63, 3.8) is 0 Å². The summed E-state index contributed by atoms with van der Waals surface area (Å²) in [6.45, 7) is -0.00460. The van der Waals surface area contributed by atoms with Gasteiger partial charge in [-0.05, 0) is 43.0 Å². The molecule has 1 saturated carbocycles. The lowest BCUT2D eigenvalue weighted by molar-refractivity contribution is -0.384. The summed E-state index contributed by atoms with van der Waals surface area (Å²) in [5, 5.41) is 21.0. The molecule has 1 N–H and O–H groups in total. The summed E-state index contributed by atoms with van der Waals surface area (Å²) >= 11 is 1.35. The van der Waals surface area contributed by atoms with Crippen LogP contribution in [0.4, 0.5) is 17.1 Å². The van der Waals surface area contributed by atoms with E-state index in [0.29, 0.717) is 22.2 Å². The van der Waals surface area contributed by atoms with Crippen LogP contribution >= 0.6 is 11.3 Å². The van der Waals surface area contributed by atoms with E-state index in [4.69, 9.17) is 9.84 Å².